The molecule has 0 spiro atoms. The Bertz CT molecular complexity index is 1730. The van der Waals surface area contributed by atoms with Crippen molar-refractivity contribution in [3.8, 4) is 5.75 Å². The van der Waals surface area contributed by atoms with Crippen LogP contribution in [0.25, 0.3) is 0 Å². The molecule has 50 heavy (non-hydrogen) atoms. The number of nitrogens with zero attached hydrogens (tertiary/aromatic N) is 2. The maximum absolute atomic E-state index is 12.9. The Kier molecular flexibility index (Phi) is 13.5. The molecule has 4 aromatic carbocycles. The lowest BCUT2D eigenvalue weighted by Gasteiger charge is -2.30. The molecule has 2 amide bonds. The van der Waals surface area contributed by atoms with Crippen LogP contribution in [-0.2, 0) is 23.9 Å². The summed E-state index contributed by atoms with van der Waals surface area (Å²) in [6, 6.07) is 24.7. The van der Waals surface area contributed by atoms with Crippen molar-refractivity contribution in [1.82, 2.24) is 9.80 Å². The first-order chi connectivity index (χ1) is 23.7. The van der Waals surface area contributed by atoms with E-state index in [1.54, 1.807) is 23.1 Å². The zero-order valence-electron chi connectivity index (χ0n) is 29.0. The van der Waals surface area contributed by atoms with E-state index in [1.165, 1.54) is 38.6 Å². The van der Waals surface area contributed by atoms with E-state index in [4.69, 9.17) is 4.74 Å². The minimum Gasteiger partial charge on any atom is -0.490 e. The number of fused-ring (bicyclic) bond motifs is 1. The summed E-state index contributed by atoms with van der Waals surface area (Å²) in [7, 11) is 4.19. The van der Waals surface area contributed by atoms with Crippen molar-refractivity contribution in [2.75, 3.05) is 45.7 Å². The molecule has 2 N–H and O–H groups in total. The summed E-state index contributed by atoms with van der Waals surface area (Å²) in [5.41, 5.74) is 4.22. The van der Waals surface area contributed by atoms with Crippen LogP contribution in [0.1, 0.15) is 45.1 Å². The van der Waals surface area contributed by atoms with Crippen molar-refractivity contribution in [3.63, 3.8) is 0 Å². The molecule has 0 bridgehead atoms. The van der Waals surface area contributed by atoms with Crippen molar-refractivity contribution in [3.05, 3.63) is 118 Å². The number of aliphatic hydroxyl groups is 1. The number of aliphatic hydroxyl groups excluding tert-OH is 1. The summed E-state index contributed by atoms with van der Waals surface area (Å²) in [6.07, 6.45) is -4.57. The van der Waals surface area contributed by atoms with Gasteiger partial charge in [0.15, 0.2) is 5.75 Å². The Morgan fingerprint density at radius 1 is 0.960 bits per heavy atom. The predicted molar refractivity (Wildman–Crippen MR) is 192 cm³/mol. The normalized spacial score (nSPS) is 14.6. The zero-order chi connectivity index (χ0) is 36.4. The van der Waals surface area contributed by atoms with Gasteiger partial charge in [-0.25, -0.2) is 0 Å². The first kappa shape index (κ1) is 38.5. The smallest absolute Gasteiger partial charge is 0.416 e. The molecular formula is C39H44F3N3O4S. The number of ether oxygens (including phenoxy) is 1. The molecule has 0 unspecified atom stereocenters. The van der Waals surface area contributed by atoms with Gasteiger partial charge in [-0.05, 0) is 98.7 Å². The van der Waals surface area contributed by atoms with Gasteiger partial charge in [-0.1, -0.05) is 55.1 Å². The van der Waals surface area contributed by atoms with E-state index in [9.17, 15) is 27.9 Å². The first-order valence-electron chi connectivity index (χ1n) is 16.3. The number of halogens is 3. The van der Waals surface area contributed by atoms with Crippen molar-refractivity contribution < 1.29 is 32.6 Å². The average Bonchev–Trinajstić information content (AvgIpc) is 3.03. The Balaban J connectivity index is 0.000000252. The highest BCUT2D eigenvalue weighted by Gasteiger charge is 2.30. The van der Waals surface area contributed by atoms with Gasteiger partial charge >= 0.3 is 6.18 Å². The highest BCUT2D eigenvalue weighted by Crippen LogP contribution is 2.33. The third-order valence-electron chi connectivity index (χ3n) is 7.72. The first-order valence-corrected chi connectivity index (χ1v) is 17.1. The number of hydrogen-bond donors (Lipinski definition) is 2. The molecule has 0 aliphatic carbocycles. The summed E-state index contributed by atoms with van der Waals surface area (Å²) in [6.45, 7) is 7.97. The molecule has 4 aromatic rings. The topological polar surface area (TPSA) is 82.1 Å². The third-order valence-corrected chi connectivity index (χ3v) is 8.70. The van der Waals surface area contributed by atoms with E-state index < -0.39 is 17.6 Å². The van der Waals surface area contributed by atoms with E-state index in [0.717, 1.165) is 18.7 Å². The van der Waals surface area contributed by atoms with Crippen LogP contribution in [-0.4, -0.2) is 67.1 Å². The predicted octanol–water partition coefficient (Wildman–Crippen LogP) is 7.87. The molecule has 1 atom stereocenters. The number of anilines is 1. The fourth-order valence-electron chi connectivity index (χ4n) is 5.53. The lowest BCUT2D eigenvalue weighted by molar-refractivity contribution is -0.137. The number of para-hydroxylation sites is 1. The Hall–Kier alpha value is -4.32. The molecule has 0 saturated carbocycles. The minimum absolute atomic E-state index is 0.0135. The average molecular weight is 708 g/mol. The van der Waals surface area contributed by atoms with Crippen LogP contribution in [0.15, 0.2) is 94.7 Å². The summed E-state index contributed by atoms with van der Waals surface area (Å²) < 4.78 is 43.9. The van der Waals surface area contributed by atoms with Gasteiger partial charge in [0.1, 0.15) is 0 Å². The van der Waals surface area contributed by atoms with Crippen LogP contribution in [0.2, 0.25) is 0 Å². The summed E-state index contributed by atoms with van der Waals surface area (Å²) >= 11 is 1.83. The highest BCUT2D eigenvalue weighted by molar-refractivity contribution is 7.99. The highest BCUT2D eigenvalue weighted by atomic mass is 32.2. The van der Waals surface area contributed by atoms with E-state index in [-0.39, 0.29) is 42.7 Å². The van der Waals surface area contributed by atoms with Gasteiger partial charge in [0.2, 0.25) is 5.91 Å². The fraction of sp³-hybridized carbons (Fsp3) is 0.333. The van der Waals surface area contributed by atoms with Crippen molar-refractivity contribution in [2.45, 2.75) is 49.7 Å². The summed E-state index contributed by atoms with van der Waals surface area (Å²) in [5, 5.41) is 12.0. The van der Waals surface area contributed by atoms with E-state index in [2.05, 4.69) is 80.6 Å². The van der Waals surface area contributed by atoms with Gasteiger partial charge in [0.05, 0.1) is 36.4 Å². The monoisotopic (exact) mass is 707 g/mol. The molecule has 1 aliphatic heterocycles. The lowest BCUT2D eigenvalue weighted by Crippen LogP contribution is -2.40. The molecule has 0 fully saturated rings. The van der Waals surface area contributed by atoms with Gasteiger partial charge in [-0.2, -0.15) is 13.2 Å². The molecule has 7 nitrogen and oxygen atoms in total. The Morgan fingerprint density at radius 2 is 1.60 bits per heavy atom. The van der Waals surface area contributed by atoms with Crippen LogP contribution in [0, 0.1) is 19.8 Å². The number of nitrogens with one attached hydrogen (secondary N) is 1. The molecule has 1 heterocycles. The molecule has 0 saturated heterocycles. The molecule has 266 valence electrons. The van der Waals surface area contributed by atoms with Crippen molar-refractivity contribution in [2.24, 2.45) is 5.92 Å². The molecule has 1 aliphatic rings. The second-order valence-electron chi connectivity index (χ2n) is 12.8. The van der Waals surface area contributed by atoms with Crippen LogP contribution in [0.5, 0.6) is 5.75 Å². The number of rotatable bonds is 9. The SMILES string of the molecule is C[C@H]1COc2c(NC(=O)Cc3ccc(C(F)(F)F)cc3)cccc2C(=O)N(CCO)C1.Cc1cc(C)cc(Sc2ccc(CN(C)C)cc2)c1. The van der Waals surface area contributed by atoms with Gasteiger partial charge in [-0.3, -0.25) is 9.59 Å². The van der Waals surface area contributed by atoms with Crippen LogP contribution >= 0.6 is 11.8 Å². The number of hydrogen-bond acceptors (Lipinski definition) is 6. The number of aryl methyl sites for hydroxylation is 2. The lowest BCUT2D eigenvalue weighted by atomic mass is 10.1. The zero-order valence-corrected chi connectivity index (χ0v) is 29.8. The molecule has 0 radical (unpaired) electrons. The second-order valence-corrected chi connectivity index (χ2v) is 13.9. The quantitative estimate of drug-likeness (QED) is 0.184. The van der Waals surface area contributed by atoms with Crippen LogP contribution in [0.4, 0.5) is 18.9 Å². The number of β-amino-alcohol motifs (C(OH)–C–C–N with tert-alkyl or cyclic N) is 1. The van der Waals surface area contributed by atoms with E-state index in [1.807, 2.05) is 18.7 Å². The number of alkyl halides is 3. The number of carbonyl (C=O) groups excluding carboxylic acids is 2. The largest absolute Gasteiger partial charge is 0.490 e. The molecule has 11 heteroatoms. The Labute approximate surface area is 296 Å². The minimum atomic E-state index is -4.44. The van der Waals surface area contributed by atoms with Crippen molar-refractivity contribution in [1.29, 1.82) is 0 Å². The molecule has 5 rings (SSSR count). The van der Waals surface area contributed by atoms with E-state index >= 15 is 0 Å². The van der Waals surface area contributed by atoms with E-state index in [0.29, 0.717) is 24.4 Å². The van der Waals surface area contributed by atoms with Gasteiger partial charge < -0.3 is 25.0 Å². The number of benzene rings is 4. The van der Waals surface area contributed by atoms with Gasteiger partial charge in [0, 0.05) is 35.3 Å². The fourth-order valence-corrected chi connectivity index (χ4v) is 6.56. The third kappa shape index (κ3) is 11.4. The maximum Gasteiger partial charge on any atom is 0.416 e. The summed E-state index contributed by atoms with van der Waals surface area (Å²) in [5.74, 6) is -0.511. The van der Waals surface area contributed by atoms with Gasteiger partial charge in [-0.15, -0.1) is 0 Å². The number of amides is 2. The van der Waals surface area contributed by atoms with Crippen molar-refractivity contribution >= 4 is 29.3 Å². The number of carbonyl (C=O) groups is 2. The maximum atomic E-state index is 12.9. The van der Waals surface area contributed by atoms with Crippen LogP contribution < -0.4 is 10.1 Å². The molecule has 0 aromatic heterocycles. The molecular weight excluding hydrogens is 664 g/mol. The standard InChI is InChI=1S/C22H23F3N2O4.C17H21NS/c1-14-12-27(9-10-28)21(30)17-3-2-4-18(20(17)31-13-14)26-19(29)11-15-5-7-16(8-6-15)22(23,24)25;1-13-9-14(2)11-17(10-13)19-16-7-5-15(6-8-16)12-18(3)4/h2-8,14,28H,9-13H2,1H3,(H,26,29);5-11H,12H2,1-4H3/t14-;/m1./s1. The summed E-state index contributed by atoms with van der Waals surface area (Å²) in [4.78, 5) is 31.7. The Morgan fingerprint density at radius 3 is 2.20 bits per heavy atom. The van der Waals surface area contributed by atoms with Gasteiger partial charge in [0.25, 0.3) is 5.91 Å². The van der Waals surface area contributed by atoms with Crippen LogP contribution in [0.3, 0.4) is 0 Å². The second kappa shape index (κ2) is 17.6.